The lowest BCUT2D eigenvalue weighted by Gasteiger charge is -2.15. The molecule has 0 saturated carbocycles. The van der Waals surface area contributed by atoms with E-state index >= 15 is 0 Å². The molecule has 0 radical (unpaired) electrons. The minimum atomic E-state index is -3.02. The summed E-state index contributed by atoms with van der Waals surface area (Å²) in [4.78, 5) is 0. The lowest BCUT2D eigenvalue weighted by molar-refractivity contribution is 0.0172. The molecule has 0 aliphatic rings. The van der Waals surface area contributed by atoms with Gasteiger partial charge in [-0.25, -0.2) is 8.78 Å². The van der Waals surface area contributed by atoms with Crippen LogP contribution in [-0.4, -0.2) is 14.2 Å². The highest BCUT2D eigenvalue weighted by Gasteiger charge is 2.27. The molecule has 0 atom stereocenters. The van der Waals surface area contributed by atoms with Gasteiger partial charge < -0.3 is 9.47 Å². The van der Waals surface area contributed by atoms with Crippen molar-refractivity contribution in [1.82, 2.24) is 0 Å². The summed E-state index contributed by atoms with van der Waals surface area (Å²) < 4.78 is 36.1. The van der Waals surface area contributed by atoms with Crippen molar-refractivity contribution in [2.24, 2.45) is 0 Å². The van der Waals surface area contributed by atoms with Gasteiger partial charge in [0, 0.05) is 12.5 Å². The third kappa shape index (κ3) is 2.22. The second-order valence-electron chi connectivity index (χ2n) is 3.26. The molecule has 0 unspecified atom stereocenters. The Hall–Kier alpha value is -1.83. The average molecular weight is 227 g/mol. The topological polar surface area (TPSA) is 42.2 Å². The Morgan fingerprint density at radius 2 is 1.88 bits per heavy atom. The van der Waals surface area contributed by atoms with Crippen LogP contribution in [0.3, 0.4) is 0 Å². The van der Waals surface area contributed by atoms with Crippen LogP contribution in [0, 0.1) is 11.3 Å². The zero-order valence-electron chi connectivity index (χ0n) is 9.17. The van der Waals surface area contributed by atoms with E-state index in [9.17, 15) is 8.78 Å². The van der Waals surface area contributed by atoms with Crippen LogP contribution in [0.15, 0.2) is 12.1 Å². The highest BCUT2D eigenvalue weighted by Crippen LogP contribution is 2.37. The molecule has 0 N–H and O–H groups in total. The molecule has 0 bridgehead atoms. The molecule has 0 aliphatic heterocycles. The van der Waals surface area contributed by atoms with E-state index in [1.807, 2.05) is 0 Å². The summed E-state index contributed by atoms with van der Waals surface area (Å²) in [6.45, 7) is 0.759. The molecule has 1 aromatic rings. The standard InChI is InChI=1S/C11H11F2NO2/c1-11(12,13)8-4-7(6-14)10(16-3)9(5-8)15-2/h4-5H,1-3H3. The first-order valence-corrected chi connectivity index (χ1v) is 4.48. The predicted octanol–water partition coefficient (Wildman–Crippen LogP) is 2.69. The smallest absolute Gasteiger partial charge is 0.270 e. The van der Waals surface area contributed by atoms with Crippen molar-refractivity contribution >= 4 is 0 Å². The number of nitriles is 1. The molecular weight excluding hydrogens is 216 g/mol. The van der Waals surface area contributed by atoms with E-state index in [1.165, 1.54) is 20.3 Å². The SMILES string of the molecule is COc1cc(C(C)(F)F)cc(C#N)c1OC. The molecule has 0 heterocycles. The first-order chi connectivity index (χ1) is 7.43. The molecule has 5 heteroatoms. The third-order valence-electron chi connectivity index (χ3n) is 2.11. The van der Waals surface area contributed by atoms with Gasteiger partial charge in [-0.1, -0.05) is 0 Å². The number of ether oxygens (including phenoxy) is 2. The first-order valence-electron chi connectivity index (χ1n) is 4.48. The fraction of sp³-hybridized carbons (Fsp3) is 0.364. The van der Waals surface area contributed by atoms with E-state index in [0.29, 0.717) is 0 Å². The monoisotopic (exact) mass is 227 g/mol. The quantitative estimate of drug-likeness (QED) is 0.797. The molecule has 1 aromatic carbocycles. The maximum Gasteiger partial charge on any atom is 0.270 e. The van der Waals surface area contributed by atoms with E-state index in [2.05, 4.69) is 0 Å². The zero-order valence-corrected chi connectivity index (χ0v) is 9.17. The van der Waals surface area contributed by atoms with Crippen molar-refractivity contribution in [1.29, 1.82) is 5.26 Å². The fourth-order valence-electron chi connectivity index (χ4n) is 1.30. The van der Waals surface area contributed by atoms with Crippen molar-refractivity contribution in [3.05, 3.63) is 23.3 Å². The lowest BCUT2D eigenvalue weighted by Crippen LogP contribution is -2.08. The van der Waals surface area contributed by atoms with Gasteiger partial charge in [-0.05, 0) is 12.1 Å². The van der Waals surface area contributed by atoms with E-state index < -0.39 is 5.92 Å². The first kappa shape index (κ1) is 12.2. The van der Waals surface area contributed by atoms with Crippen molar-refractivity contribution in [2.75, 3.05) is 14.2 Å². The van der Waals surface area contributed by atoms with Crippen LogP contribution in [0.1, 0.15) is 18.1 Å². The van der Waals surface area contributed by atoms with Gasteiger partial charge in [0.05, 0.1) is 19.8 Å². The van der Waals surface area contributed by atoms with Gasteiger partial charge in [0.1, 0.15) is 6.07 Å². The second-order valence-corrected chi connectivity index (χ2v) is 3.26. The van der Waals surface area contributed by atoms with Gasteiger partial charge >= 0.3 is 0 Å². The van der Waals surface area contributed by atoms with Gasteiger partial charge in [-0.15, -0.1) is 0 Å². The molecular formula is C11H11F2NO2. The summed E-state index contributed by atoms with van der Waals surface area (Å²) in [7, 11) is 2.68. The number of nitrogens with zero attached hydrogens (tertiary/aromatic N) is 1. The van der Waals surface area contributed by atoms with Crippen LogP contribution in [0.5, 0.6) is 11.5 Å². The number of benzene rings is 1. The van der Waals surface area contributed by atoms with E-state index in [0.717, 1.165) is 13.0 Å². The summed E-state index contributed by atoms with van der Waals surface area (Å²) in [5.74, 6) is -2.73. The Morgan fingerprint density at radius 1 is 1.25 bits per heavy atom. The molecule has 0 spiro atoms. The molecule has 0 amide bonds. The number of halogens is 2. The van der Waals surface area contributed by atoms with Crippen LogP contribution in [0.4, 0.5) is 8.78 Å². The number of methoxy groups -OCH3 is 2. The van der Waals surface area contributed by atoms with Crippen molar-refractivity contribution in [3.8, 4) is 17.6 Å². The van der Waals surface area contributed by atoms with Crippen molar-refractivity contribution < 1.29 is 18.3 Å². The van der Waals surface area contributed by atoms with Gasteiger partial charge in [-0.2, -0.15) is 5.26 Å². The Morgan fingerprint density at radius 3 is 2.25 bits per heavy atom. The molecule has 0 fully saturated rings. The summed E-state index contributed by atoms with van der Waals surface area (Å²) >= 11 is 0. The maximum atomic E-state index is 13.1. The lowest BCUT2D eigenvalue weighted by atomic mass is 10.0. The molecule has 0 saturated heterocycles. The van der Waals surface area contributed by atoms with E-state index in [-0.39, 0.29) is 22.6 Å². The van der Waals surface area contributed by atoms with Crippen LogP contribution in [-0.2, 0) is 5.92 Å². The number of hydrogen-bond acceptors (Lipinski definition) is 3. The molecule has 0 aliphatic carbocycles. The number of rotatable bonds is 3. The summed E-state index contributed by atoms with van der Waals surface area (Å²) in [5, 5.41) is 8.83. The molecule has 1 rings (SSSR count). The van der Waals surface area contributed by atoms with Crippen molar-refractivity contribution in [2.45, 2.75) is 12.8 Å². The minimum Gasteiger partial charge on any atom is -0.493 e. The van der Waals surface area contributed by atoms with Gasteiger partial charge in [0.25, 0.3) is 5.92 Å². The van der Waals surface area contributed by atoms with E-state index in [1.54, 1.807) is 6.07 Å². The maximum absolute atomic E-state index is 13.1. The second kappa shape index (κ2) is 4.35. The summed E-state index contributed by atoms with van der Waals surface area (Å²) in [6.07, 6.45) is 0. The van der Waals surface area contributed by atoms with Crippen molar-refractivity contribution in [3.63, 3.8) is 0 Å². The third-order valence-corrected chi connectivity index (χ3v) is 2.11. The molecule has 86 valence electrons. The van der Waals surface area contributed by atoms with Crippen LogP contribution >= 0.6 is 0 Å². The zero-order chi connectivity index (χ0) is 12.3. The van der Waals surface area contributed by atoms with E-state index in [4.69, 9.17) is 14.7 Å². The van der Waals surface area contributed by atoms with Crippen LogP contribution in [0.25, 0.3) is 0 Å². The molecule has 3 nitrogen and oxygen atoms in total. The van der Waals surface area contributed by atoms with Gasteiger partial charge in [-0.3, -0.25) is 0 Å². The average Bonchev–Trinajstić information content (AvgIpc) is 2.25. The Labute approximate surface area is 92.2 Å². The summed E-state index contributed by atoms with van der Waals surface area (Å²) in [5.41, 5.74) is -0.250. The van der Waals surface area contributed by atoms with Gasteiger partial charge in [0.15, 0.2) is 11.5 Å². The predicted molar refractivity (Wildman–Crippen MR) is 53.8 cm³/mol. The highest BCUT2D eigenvalue weighted by atomic mass is 19.3. The summed E-state index contributed by atoms with van der Waals surface area (Å²) in [6, 6.07) is 4.06. The minimum absolute atomic E-state index is 0.0263. The van der Waals surface area contributed by atoms with Crippen LogP contribution < -0.4 is 9.47 Å². The Bertz CT molecular complexity index is 433. The Kier molecular flexibility index (Phi) is 3.33. The normalized spacial score (nSPS) is 10.8. The molecule has 16 heavy (non-hydrogen) atoms. The Balaban J connectivity index is 3.45. The number of alkyl halides is 2. The van der Waals surface area contributed by atoms with Crippen LogP contribution in [0.2, 0.25) is 0 Å². The van der Waals surface area contributed by atoms with Gasteiger partial charge in [0.2, 0.25) is 0 Å². The largest absolute Gasteiger partial charge is 0.493 e. The molecule has 0 aromatic heterocycles. The highest BCUT2D eigenvalue weighted by molar-refractivity contribution is 5.55. The number of hydrogen-bond donors (Lipinski definition) is 0. The fourth-order valence-corrected chi connectivity index (χ4v) is 1.30.